The Hall–Kier alpha value is -2.62. The number of aromatic nitrogens is 2. The molecule has 0 spiro atoms. The van der Waals surface area contributed by atoms with Crippen molar-refractivity contribution in [3.63, 3.8) is 0 Å². The maximum Gasteiger partial charge on any atom is 0.326 e. The molecule has 0 radical (unpaired) electrons. The quantitative estimate of drug-likeness (QED) is 0.583. The number of aromatic amines is 1. The number of nitrogens with one attached hydrogen (secondary N) is 2. The van der Waals surface area contributed by atoms with E-state index in [2.05, 4.69) is 9.71 Å². The monoisotopic (exact) mass is 490 g/mol. The highest BCUT2D eigenvalue weighted by Gasteiger charge is 2.29. The average Bonchev–Trinajstić information content (AvgIpc) is 3.07. The maximum absolute atomic E-state index is 13.1. The van der Waals surface area contributed by atoms with Gasteiger partial charge in [0.05, 0.1) is 16.1 Å². The molecule has 2 heterocycles. The second-order valence-electron chi connectivity index (χ2n) is 9.34. The number of hydrogen-bond donors (Lipinski definition) is 2. The molecule has 33 heavy (non-hydrogen) atoms. The van der Waals surface area contributed by atoms with E-state index in [0.717, 1.165) is 11.0 Å². The Labute approximate surface area is 197 Å². The zero-order valence-corrected chi connectivity index (χ0v) is 20.3. The van der Waals surface area contributed by atoms with Crippen molar-refractivity contribution < 1.29 is 13.2 Å². The van der Waals surface area contributed by atoms with Crippen molar-refractivity contribution in [3.05, 3.63) is 63.5 Å². The van der Waals surface area contributed by atoms with Gasteiger partial charge in [0, 0.05) is 30.2 Å². The molecule has 0 bridgehead atoms. The van der Waals surface area contributed by atoms with Crippen LogP contribution in [-0.4, -0.2) is 47.4 Å². The summed E-state index contributed by atoms with van der Waals surface area (Å²) in [5.74, 6) is -0.261. The van der Waals surface area contributed by atoms with E-state index < -0.39 is 15.6 Å². The van der Waals surface area contributed by atoms with Crippen LogP contribution in [0.2, 0.25) is 5.02 Å². The van der Waals surface area contributed by atoms with Gasteiger partial charge in [0.2, 0.25) is 10.0 Å². The summed E-state index contributed by atoms with van der Waals surface area (Å²) in [6.45, 7) is 6.12. The topological polar surface area (TPSA) is 104 Å². The zero-order valence-electron chi connectivity index (χ0n) is 18.8. The first-order valence-corrected chi connectivity index (χ1v) is 12.6. The molecule has 10 heteroatoms. The molecule has 1 aliphatic heterocycles. The highest BCUT2D eigenvalue weighted by atomic mass is 35.5. The van der Waals surface area contributed by atoms with Crippen molar-refractivity contribution in [2.24, 2.45) is 0 Å². The normalized spacial score (nSPS) is 15.8. The van der Waals surface area contributed by atoms with Crippen LogP contribution >= 0.6 is 11.6 Å². The molecule has 2 N–H and O–H groups in total. The first kappa shape index (κ1) is 23.5. The lowest BCUT2D eigenvalue weighted by Crippen LogP contribution is -2.41. The van der Waals surface area contributed by atoms with Crippen molar-refractivity contribution in [2.75, 3.05) is 13.1 Å². The van der Waals surface area contributed by atoms with Crippen molar-refractivity contribution in [2.45, 2.75) is 50.1 Å². The number of carbonyl (C=O) groups is 1. The van der Waals surface area contributed by atoms with Gasteiger partial charge in [0.25, 0.3) is 5.91 Å². The standard InChI is InChI=1S/C23H27ClN4O4S/c1-23(2,3)26-33(31,32)20-14-15(8-9-17(20)24)21(29)27-12-10-16(11-13-27)28-19-7-5-4-6-18(19)25-22(28)30/h4-9,14,16,26H,10-13H2,1-3H3,(H,25,30). The van der Waals surface area contributed by atoms with Crippen LogP contribution < -0.4 is 10.4 Å². The molecule has 0 unspecified atom stereocenters. The Morgan fingerprint density at radius 1 is 1.12 bits per heavy atom. The second-order valence-corrected chi connectivity index (χ2v) is 11.4. The lowest BCUT2D eigenvalue weighted by atomic mass is 10.0. The van der Waals surface area contributed by atoms with Gasteiger partial charge < -0.3 is 9.88 Å². The van der Waals surface area contributed by atoms with Gasteiger partial charge >= 0.3 is 5.69 Å². The van der Waals surface area contributed by atoms with Crippen LogP contribution in [-0.2, 0) is 10.0 Å². The fourth-order valence-corrected chi connectivity index (χ4v) is 6.19. The number of sulfonamides is 1. The molecule has 0 saturated carbocycles. The number of rotatable bonds is 4. The van der Waals surface area contributed by atoms with Gasteiger partial charge in [0.15, 0.2) is 0 Å². The summed E-state index contributed by atoms with van der Waals surface area (Å²) in [7, 11) is -3.89. The third kappa shape index (κ3) is 4.85. The summed E-state index contributed by atoms with van der Waals surface area (Å²) in [5.41, 5.74) is 1.06. The fourth-order valence-electron chi connectivity index (χ4n) is 4.25. The Morgan fingerprint density at radius 3 is 2.45 bits per heavy atom. The number of para-hydroxylation sites is 2. The minimum absolute atomic E-state index is 0.0187. The van der Waals surface area contributed by atoms with Crippen LogP contribution in [0, 0.1) is 0 Å². The van der Waals surface area contributed by atoms with E-state index in [-0.39, 0.29) is 33.1 Å². The van der Waals surface area contributed by atoms with Gasteiger partial charge in [-0.2, -0.15) is 0 Å². The lowest BCUT2D eigenvalue weighted by molar-refractivity contribution is 0.0694. The lowest BCUT2D eigenvalue weighted by Gasteiger charge is -2.32. The first-order valence-electron chi connectivity index (χ1n) is 10.8. The number of H-pyrrole nitrogens is 1. The first-order chi connectivity index (χ1) is 15.5. The van der Waals surface area contributed by atoms with E-state index in [1.165, 1.54) is 18.2 Å². The molecule has 4 rings (SSSR count). The number of imidazole rings is 1. The summed E-state index contributed by atoms with van der Waals surface area (Å²) in [6.07, 6.45) is 1.25. The molecule has 1 amide bonds. The van der Waals surface area contributed by atoms with Gasteiger partial charge in [-0.15, -0.1) is 0 Å². The van der Waals surface area contributed by atoms with Crippen molar-refractivity contribution in [1.29, 1.82) is 0 Å². The van der Waals surface area contributed by atoms with Gasteiger partial charge in [-0.1, -0.05) is 23.7 Å². The number of amides is 1. The number of benzene rings is 2. The summed E-state index contributed by atoms with van der Waals surface area (Å²) in [6, 6.07) is 11.8. The SMILES string of the molecule is CC(C)(C)NS(=O)(=O)c1cc(C(=O)N2CCC(n3c(=O)[nH]c4ccccc43)CC2)ccc1Cl. The van der Waals surface area contributed by atoms with Crippen LogP contribution in [0.1, 0.15) is 50.0 Å². The molecule has 1 aromatic heterocycles. The molecule has 3 aromatic rings. The van der Waals surface area contributed by atoms with Crippen LogP contribution in [0.25, 0.3) is 11.0 Å². The third-order valence-corrected chi connectivity index (χ3v) is 7.89. The van der Waals surface area contributed by atoms with Crippen LogP contribution in [0.5, 0.6) is 0 Å². The molecule has 1 saturated heterocycles. The van der Waals surface area contributed by atoms with E-state index in [4.69, 9.17) is 11.6 Å². The number of likely N-dealkylation sites (tertiary alicyclic amines) is 1. The van der Waals surface area contributed by atoms with Gasteiger partial charge in [-0.25, -0.2) is 17.9 Å². The molecule has 1 fully saturated rings. The fraction of sp³-hybridized carbons (Fsp3) is 0.391. The van der Waals surface area contributed by atoms with E-state index in [1.807, 2.05) is 24.3 Å². The Balaban J connectivity index is 1.52. The van der Waals surface area contributed by atoms with Crippen LogP contribution in [0.4, 0.5) is 0 Å². The van der Waals surface area contributed by atoms with Gasteiger partial charge in [-0.3, -0.25) is 9.36 Å². The molecule has 8 nitrogen and oxygen atoms in total. The zero-order chi connectivity index (χ0) is 24.0. The molecule has 0 atom stereocenters. The van der Waals surface area contributed by atoms with E-state index in [1.54, 1.807) is 30.2 Å². The summed E-state index contributed by atoms with van der Waals surface area (Å²) in [4.78, 5) is 30.1. The number of piperidine rings is 1. The van der Waals surface area contributed by atoms with E-state index >= 15 is 0 Å². The second kappa shape index (κ2) is 8.62. The summed E-state index contributed by atoms with van der Waals surface area (Å²) in [5, 5.41) is 0.0562. The highest BCUT2D eigenvalue weighted by Crippen LogP contribution is 2.28. The van der Waals surface area contributed by atoms with Gasteiger partial charge in [-0.05, 0) is 63.9 Å². The molecular formula is C23H27ClN4O4S. The van der Waals surface area contributed by atoms with Crippen molar-refractivity contribution >= 4 is 38.6 Å². The molecule has 0 aliphatic carbocycles. The number of halogens is 1. The van der Waals surface area contributed by atoms with Crippen molar-refractivity contribution in [1.82, 2.24) is 19.2 Å². The largest absolute Gasteiger partial charge is 0.338 e. The number of carbonyl (C=O) groups excluding carboxylic acids is 1. The number of fused-ring (bicyclic) bond motifs is 1. The molecular weight excluding hydrogens is 464 g/mol. The smallest absolute Gasteiger partial charge is 0.326 e. The Kier molecular flexibility index (Phi) is 6.15. The van der Waals surface area contributed by atoms with Crippen LogP contribution in [0.3, 0.4) is 0 Å². The number of nitrogens with zero attached hydrogens (tertiary/aromatic N) is 2. The van der Waals surface area contributed by atoms with Gasteiger partial charge in [0.1, 0.15) is 4.90 Å². The minimum atomic E-state index is -3.89. The molecule has 1 aliphatic rings. The van der Waals surface area contributed by atoms with E-state index in [0.29, 0.717) is 25.9 Å². The predicted molar refractivity (Wildman–Crippen MR) is 128 cm³/mol. The minimum Gasteiger partial charge on any atom is -0.338 e. The molecule has 2 aromatic carbocycles. The Bertz CT molecular complexity index is 1360. The number of hydrogen-bond acceptors (Lipinski definition) is 4. The molecule has 176 valence electrons. The van der Waals surface area contributed by atoms with E-state index in [9.17, 15) is 18.0 Å². The third-order valence-electron chi connectivity index (χ3n) is 5.65. The summed E-state index contributed by atoms with van der Waals surface area (Å²) < 4.78 is 29.9. The highest BCUT2D eigenvalue weighted by molar-refractivity contribution is 7.89. The maximum atomic E-state index is 13.1. The van der Waals surface area contributed by atoms with Crippen molar-refractivity contribution in [3.8, 4) is 0 Å². The summed E-state index contributed by atoms with van der Waals surface area (Å²) >= 11 is 6.16. The average molecular weight is 491 g/mol. The van der Waals surface area contributed by atoms with Crippen LogP contribution in [0.15, 0.2) is 52.2 Å². The predicted octanol–water partition coefficient (Wildman–Crippen LogP) is 3.54. The Morgan fingerprint density at radius 2 is 1.79 bits per heavy atom.